The monoisotopic (exact) mass is 352 g/mol. The molecule has 0 aliphatic heterocycles. The number of aryl methyl sites for hydroxylation is 2. The van der Waals surface area contributed by atoms with E-state index < -0.39 is 0 Å². The highest BCUT2D eigenvalue weighted by Gasteiger charge is 2.10. The third-order valence-corrected chi connectivity index (χ3v) is 4.14. The fourth-order valence-corrected chi connectivity index (χ4v) is 2.77. The molecule has 0 radical (unpaired) electrons. The number of carbonyl (C=O) groups is 2. The molecule has 0 aliphatic carbocycles. The number of carbonyl (C=O) groups excluding carboxylic acids is 1. The van der Waals surface area contributed by atoms with Gasteiger partial charge in [0.1, 0.15) is 0 Å². The Hall–Kier alpha value is -2.19. The van der Waals surface area contributed by atoms with Gasteiger partial charge in [0, 0.05) is 29.7 Å². The Morgan fingerprint density at radius 1 is 1.54 bits per heavy atom. The van der Waals surface area contributed by atoms with E-state index in [1.54, 1.807) is 11.3 Å². The quantitative estimate of drug-likeness (QED) is 0.741. The number of thiophene rings is 1. The molecular formula is C16H24N4O3S. The minimum atomic E-state index is -0.250. The Bertz CT molecular complexity index is 625. The molecule has 0 saturated carbocycles. The van der Waals surface area contributed by atoms with Crippen molar-refractivity contribution >= 4 is 23.7 Å². The lowest BCUT2D eigenvalue weighted by molar-refractivity contribution is -0.123. The van der Waals surface area contributed by atoms with Gasteiger partial charge in [0.05, 0.1) is 18.8 Å². The van der Waals surface area contributed by atoms with Gasteiger partial charge in [-0.15, -0.1) is 11.3 Å². The van der Waals surface area contributed by atoms with Gasteiger partial charge in [0.15, 0.2) is 0 Å². The van der Waals surface area contributed by atoms with Gasteiger partial charge in [-0.25, -0.2) is 0 Å². The lowest BCUT2D eigenvalue weighted by Gasteiger charge is -2.15. The van der Waals surface area contributed by atoms with Gasteiger partial charge in [-0.2, -0.15) is 5.10 Å². The summed E-state index contributed by atoms with van der Waals surface area (Å²) < 4.78 is 1.93. The first kappa shape index (κ1) is 19.9. The summed E-state index contributed by atoms with van der Waals surface area (Å²) in [6.07, 6.45) is 2.05. The molecule has 2 heterocycles. The van der Waals surface area contributed by atoms with Crippen LogP contribution in [0.1, 0.15) is 23.1 Å². The van der Waals surface area contributed by atoms with E-state index in [1.807, 2.05) is 41.1 Å². The second kappa shape index (κ2) is 10.6. The van der Waals surface area contributed by atoms with Crippen LogP contribution < -0.4 is 5.32 Å². The van der Waals surface area contributed by atoms with Crippen LogP contribution >= 0.6 is 11.3 Å². The minimum absolute atomic E-state index is 0.0476. The molecular weight excluding hydrogens is 328 g/mol. The molecule has 2 N–H and O–H groups in total. The van der Waals surface area contributed by atoms with E-state index in [9.17, 15) is 4.79 Å². The van der Waals surface area contributed by atoms with Crippen molar-refractivity contribution < 1.29 is 14.7 Å². The number of likely N-dealkylation sites (N-methyl/N-ethyl adjacent to an activating group) is 1. The fourth-order valence-electron chi connectivity index (χ4n) is 2.12. The van der Waals surface area contributed by atoms with Crippen molar-refractivity contribution in [3.8, 4) is 0 Å². The van der Waals surface area contributed by atoms with Crippen LogP contribution in [0, 0.1) is 6.92 Å². The zero-order valence-corrected chi connectivity index (χ0v) is 15.0. The van der Waals surface area contributed by atoms with Crippen LogP contribution in [0.4, 0.5) is 0 Å². The summed E-state index contributed by atoms with van der Waals surface area (Å²) in [5, 5.41) is 16.3. The third-order valence-electron chi connectivity index (χ3n) is 3.27. The van der Waals surface area contributed by atoms with E-state index >= 15 is 0 Å². The molecule has 132 valence electrons. The molecule has 0 atom stereocenters. The van der Waals surface area contributed by atoms with E-state index in [0.29, 0.717) is 13.1 Å². The predicted molar refractivity (Wildman–Crippen MR) is 93.8 cm³/mol. The van der Waals surface area contributed by atoms with Gasteiger partial charge in [0.25, 0.3) is 6.47 Å². The first-order valence-corrected chi connectivity index (χ1v) is 8.46. The third kappa shape index (κ3) is 6.93. The molecule has 0 bridgehead atoms. The molecule has 0 spiro atoms. The molecule has 0 fully saturated rings. The van der Waals surface area contributed by atoms with Crippen molar-refractivity contribution in [3.63, 3.8) is 0 Å². The van der Waals surface area contributed by atoms with E-state index in [1.165, 1.54) is 10.4 Å². The second-order valence-corrected chi connectivity index (χ2v) is 6.26. The Morgan fingerprint density at radius 2 is 2.25 bits per heavy atom. The van der Waals surface area contributed by atoms with Gasteiger partial charge < -0.3 is 10.4 Å². The van der Waals surface area contributed by atoms with Gasteiger partial charge in [-0.05, 0) is 32.3 Å². The molecule has 0 saturated heterocycles. The summed E-state index contributed by atoms with van der Waals surface area (Å²) in [6, 6.07) is 4.02. The smallest absolute Gasteiger partial charge is 0.290 e. The predicted octanol–water partition coefficient (Wildman–Crippen LogP) is 1.72. The maximum Gasteiger partial charge on any atom is 0.290 e. The lowest BCUT2D eigenvalue weighted by Crippen LogP contribution is -2.34. The van der Waals surface area contributed by atoms with Crippen molar-refractivity contribution in [2.45, 2.75) is 33.5 Å². The average Bonchev–Trinajstić information content (AvgIpc) is 3.16. The highest BCUT2D eigenvalue weighted by molar-refractivity contribution is 7.09. The number of hydrogen-bond acceptors (Lipinski definition) is 5. The van der Waals surface area contributed by atoms with Gasteiger partial charge in [0.2, 0.25) is 5.91 Å². The van der Waals surface area contributed by atoms with Crippen molar-refractivity contribution in [2.24, 2.45) is 0 Å². The number of nitrogens with one attached hydrogen (secondary N) is 1. The van der Waals surface area contributed by atoms with Crippen molar-refractivity contribution in [1.29, 1.82) is 0 Å². The van der Waals surface area contributed by atoms with E-state index in [-0.39, 0.29) is 12.4 Å². The topological polar surface area (TPSA) is 87.5 Å². The molecule has 0 aliphatic rings. The van der Waals surface area contributed by atoms with Crippen LogP contribution in [-0.2, 0) is 29.2 Å². The number of aromatic nitrogens is 2. The van der Waals surface area contributed by atoms with E-state index in [4.69, 9.17) is 9.90 Å². The van der Waals surface area contributed by atoms with Crippen molar-refractivity contribution in [3.05, 3.63) is 39.8 Å². The van der Waals surface area contributed by atoms with Crippen LogP contribution in [0.25, 0.3) is 0 Å². The Labute approximate surface area is 145 Å². The van der Waals surface area contributed by atoms with E-state index in [2.05, 4.69) is 23.5 Å². The van der Waals surface area contributed by atoms with Crippen LogP contribution in [0.2, 0.25) is 0 Å². The molecule has 2 aromatic heterocycles. The van der Waals surface area contributed by atoms with Crippen LogP contribution in [0.15, 0.2) is 23.7 Å². The first-order chi connectivity index (χ1) is 11.5. The highest BCUT2D eigenvalue weighted by Crippen LogP contribution is 2.09. The Balaban J connectivity index is 0.000000891. The molecule has 0 aromatic carbocycles. The summed E-state index contributed by atoms with van der Waals surface area (Å²) in [6.45, 7) is 6.42. The Morgan fingerprint density at radius 3 is 2.79 bits per heavy atom. The second-order valence-electron chi connectivity index (χ2n) is 5.23. The number of rotatable bonds is 7. The standard InChI is InChI=1S/C15H22N4OS.CH2O2/c1-4-19-10-13(12(2)17-19)9-18(3)11-15(20)16-8-14-6-5-7-21-14;2-1-3/h5-7,10H,4,8-9,11H2,1-3H3,(H,16,20);1H,(H,2,3). The van der Waals surface area contributed by atoms with Crippen molar-refractivity contribution in [2.75, 3.05) is 13.6 Å². The molecule has 24 heavy (non-hydrogen) atoms. The van der Waals surface area contributed by atoms with Crippen LogP contribution in [0.5, 0.6) is 0 Å². The van der Waals surface area contributed by atoms with Crippen LogP contribution in [-0.4, -0.2) is 45.8 Å². The molecule has 1 amide bonds. The van der Waals surface area contributed by atoms with Gasteiger partial charge in [-0.3, -0.25) is 19.2 Å². The minimum Gasteiger partial charge on any atom is -0.483 e. The molecule has 7 nitrogen and oxygen atoms in total. The Kier molecular flexibility index (Phi) is 8.74. The average molecular weight is 352 g/mol. The maximum atomic E-state index is 11.9. The highest BCUT2D eigenvalue weighted by atomic mass is 32.1. The summed E-state index contributed by atoms with van der Waals surface area (Å²) in [7, 11) is 1.95. The lowest BCUT2D eigenvalue weighted by atomic mass is 10.2. The normalized spacial score (nSPS) is 10.2. The fraction of sp³-hybridized carbons (Fsp3) is 0.438. The zero-order chi connectivity index (χ0) is 17.9. The van der Waals surface area contributed by atoms with Gasteiger partial charge in [-0.1, -0.05) is 6.07 Å². The van der Waals surface area contributed by atoms with Gasteiger partial charge >= 0.3 is 0 Å². The first-order valence-electron chi connectivity index (χ1n) is 7.58. The number of amides is 1. The van der Waals surface area contributed by atoms with Crippen LogP contribution in [0.3, 0.4) is 0 Å². The molecule has 2 aromatic rings. The van der Waals surface area contributed by atoms with Crippen molar-refractivity contribution in [1.82, 2.24) is 20.0 Å². The number of hydrogen-bond donors (Lipinski definition) is 2. The number of nitrogens with zero attached hydrogens (tertiary/aromatic N) is 3. The largest absolute Gasteiger partial charge is 0.483 e. The van der Waals surface area contributed by atoms with E-state index in [0.717, 1.165) is 18.8 Å². The summed E-state index contributed by atoms with van der Waals surface area (Å²) in [5.41, 5.74) is 2.20. The molecule has 2 rings (SSSR count). The summed E-state index contributed by atoms with van der Waals surface area (Å²) in [4.78, 5) is 23.5. The summed E-state index contributed by atoms with van der Waals surface area (Å²) in [5.74, 6) is 0.0476. The zero-order valence-electron chi connectivity index (χ0n) is 14.2. The number of carboxylic acid groups (broad SMARTS) is 1. The molecule has 8 heteroatoms. The molecule has 0 unspecified atom stereocenters. The summed E-state index contributed by atoms with van der Waals surface area (Å²) >= 11 is 1.65. The SMILES string of the molecule is CCn1cc(CN(C)CC(=O)NCc2cccs2)c(C)n1.O=CO. The maximum absolute atomic E-state index is 11.9.